The van der Waals surface area contributed by atoms with Crippen molar-refractivity contribution in [2.45, 2.75) is 45.4 Å². The van der Waals surface area contributed by atoms with Crippen molar-refractivity contribution in [2.24, 2.45) is 0 Å². The van der Waals surface area contributed by atoms with E-state index in [1.165, 1.54) is 37.7 Å². The molecule has 0 spiro atoms. The van der Waals surface area contributed by atoms with Gasteiger partial charge in [0.1, 0.15) is 0 Å². The van der Waals surface area contributed by atoms with Crippen LogP contribution in [-0.4, -0.2) is 0 Å². The molecule has 0 heterocycles. The fourth-order valence-electron chi connectivity index (χ4n) is 1.75. The summed E-state index contributed by atoms with van der Waals surface area (Å²) in [4.78, 5) is 0. The Morgan fingerprint density at radius 2 is 1.76 bits per heavy atom. The Kier molecular flexibility index (Phi) is 6.82. The number of hydrogen-bond acceptors (Lipinski definition) is 1. The zero-order chi connectivity index (χ0) is 12.3. The quantitative estimate of drug-likeness (QED) is 0.606. The van der Waals surface area contributed by atoms with E-state index in [0.717, 1.165) is 12.0 Å². The molecule has 0 N–H and O–H groups in total. The third-order valence-corrected chi connectivity index (χ3v) is 2.82. The van der Waals surface area contributed by atoms with Gasteiger partial charge in [-0.25, -0.2) is 0 Å². The Morgan fingerprint density at radius 1 is 1.06 bits per heavy atom. The molecule has 0 atom stereocenters. The molecule has 0 amide bonds. The molecule has 1 nitrogen and oxygen atoms in total. The SMILES string of the molecule is CCCCCCCC=Cc1ccc(C#N)cc1. The topological polar surface area (TPSA) is 23.8 Å². The van der Waals surface area contributed by atoms with Gasteiger partial charge in [-0.05, 0) is 30.5 Å². The largest absolute Gasteiger partial charge is 0.192 e. The molecule has 1 heteroatoms. The standard InChI is InChI=1S/C16H21N/c1-2-3-4-5-6-7-8-9-15-10-12-16(14-17)13-11-15/h8-13H,2-7H2,1H3. The Hall–Kier alpha value is -1.55. The Bertz CT molecular complexity index is 368. The fourth-order valence-corrected chi connectivity index (χ4v) is 1.75. The van der Waals surface area contributed by atoms with Crippen molar-refractivity contribution in [3.05, 3.63) is 41.5 Å². The minimum Gasteiger partial charge on any atom is -0.192 e. The van der Waals surface area contributed by atoms with Gasteiger partial charge in [0, 0.05) is 0 Å². The van der Waals surface area contributed by atoms with Crippen LogP contribution in [0.5, 0.6) is 0 Å². The molecular formula is C16H21N. The molecule has 0 aromatic heterocycles. The number of benzene rings is 1. The van der Waals surface area contributed by atoms with Crippen molar-refractivity contribution < 1.29 is 0 Å². The third kappa shape index (κ3) is 5.92. The fraction of sp³-hybridized carbons (Fsp3) is 0.438. The molecule has 90 valence electrons. The van der Waals surface area contributed by atoms with Crippen LogP contribution in [0.15, 0.2) is 30.3 Å². The zero-order valence-corrected chi connectivity index (χ0v) is 10.7. The van der Waals surface area contributed by atoms with Crippen LogP contribution in [0.2, 0.25) is 0 Å². The molecular weight excluding hydrogens is 206 g/mol. The Morgan fingerprint density at radius 3 is 2.41 bits per heavy atom. The van der Waals surface area contributed by atoms with Crippen molar-refractivity contribution in [3.8, 4) is 6.07 Å². The van der Waals surface area contributed by atoms with Crippen LogP contribution in [0.25, 0.3) is 6.08 Å². The van der Waals surface area contributed by atoms with Crippen LogP contribution < -0.4 is 0 Å². The van der Waals surface area contributed by atoms with Crippen molar-refractivity contribution in [1.29, 1.82) is 5.26 Å². The van der Waals surface area contributed by atoms with Gasteiger partial charge in [-0.3, -0.25) is 0 Å². The highest BCUT2D eigenvalue weighted by atomic mass is 14.2. The molecule has 0 saturated carbocycles. The highest BCUT2D eigenvalue weighted by Gasteiger charge is 1.90. The molecule has 0 aliphatic rings. The molecule has 17 heavy (non-hydrogen) atoms. The van der Waals surface area contributed by atoms with E-state index >= 15 is 0 Å². The second kappa shape index (κ2) is 8.58. The first-order valence-corrected chi connectivity index (χ1v) is 6.53. The summed E-state index contributed by atoms with van der Waals surface area (Å²) in [6.45, 7) is 2.24. The van der Waals surface area contributed by atoms with Gasteiger partial charge in [-0.1, -0.05) is 56.9 Å². The minimum absolute atomic E-state index is 0.724. The first kappa shape index (κ1) is 13.5. The van der Waals surface area contributed by atoms with Gasteiger partial charge >= 0.3 is 0 Å². The normalized spacial score (nSPS) is 10.6. The maximum atomic E-state index is 8.68. The second-order valence-electron chi connectivity index (χ2n) is 4.34. The molecule has 0 fully saturated rings. The summed E-state index contributed by atoms with van der Waals surface area (Å²) in [5.74, 6) is 0. The van der Waals surface area contributed by atoms with E-state index in [0.29, 0.717) is 0 Å². The lowest BCUT2D eigenvalue weighted by atomic mass is 10.1. The zero-order valence-electron chi connectivity index (χ0n) is 10.7. The summed E-state index contributed by atoms with van der Waals surface area (Å²) in [6.07, 6.45) is 12.2. The van der Waals surface area contributed by atoms with E-state index in [1.54, 1.807) is 0 Å². The summed E-state index contributed by atoms with van der Waals surface area (Å²) < 4.78 is 0. The van der Waals surface area contributed by atoms with Gasteiger partial charge in [-0.2, -0.15) is 5.26 Å². The maximum Gasteiger partial charge on any atom is 0.0991 e. The van der Waals surface area contributed by atoms with Crippen LogP contribution >= 0.6 is 0 Å². The number of allylic oxidation sites excluding steroid dienone is 1. The predicted octanol–water partition coefficient (Wildman–Crippen LogP) is 4.93. The second-order valence-corrected chi connectivity index (χ2v) is 4.34. The Labute approximate surface area is 105 Å². The van der Waals surface area contributed by atoms with Gasteiger partial charge in [0.05, 0.1) is 11.6 Å². The lowest BCUT2D eigenvalue weighted by molar-refractivity contribution is 0.638. The molecule has 1 aromatic carbocycles. The van der Waals surface area contributed by atoms with Gasteiger partial charge in [-0.15, -0.1) is 0 Å². The summed E-state index contributed by atoms with van der Waals surface area (Å²) in [7, 11) is 0. The van der Waals surface area contributed by atoms with Crippen molar-refractivity contribution >= 4 is 6.08 Å². The van der Waals surface area contributed by atoms with Crippen LogP contribution in [0.3, 0.4) is 0 Å². The molecule has 0 aliphatic heterocycles. The van der Waals surface area contributed by atoms with E-state index in [2.05, 4.69) is 25.1 Å². The van der Waals surface area contributed by atoms with Gasteiger partial charge in [0.2, 0.25) is 0 Å². The predicted molar refractivity (Wildman–Crippen MR) is 73.6 cm³/mol. The van der Waals surface area contributed by atoms with E-state index in [4.69, 9.17) is 5.26 Å². The Balaban J connectivity index is 2.21. The highest BCUT2D eigenvalue weighted by molar-refractivity contribution is 5.50. The van der Waals surface area contributed by atoms with Crippen LogP contribution in [-0.2, 0) is 0 Å². The van der Waals surface area contributed by atoms with E-state index in [-0.39, 0.29) is 0 Å². The van der Waals surface area contributed by atoms with Crippen LogP contribution in [0.4, 0.5) is 0 Å². The first-order chi connectivity index (χ1) is 8.36. The maximum absolute atomic E-state index is 8.68. The number of rotatable bonds is 7. The lowest BCUT2D eigenvalue weighted by Gasteiger charge is -1.96. The van der Waals surface area contributed by atoms with Gasteiger partial charge < -0.3 is 0 Å². The molecule has 0 radical (unpaired) electrons. The molecule has 0 aliphatic carbocycles. The molecule has 0 unspecified atom stereocenters. The average Bonchev–Trinajstić information content (AvgIpc) is 2.38. The summed E-state index contributed by atoms with van der Waals surface area (Å²) in [5.41, 5.74) is 1.90. The smallest absolute Gasteiger partial charge is 0.0991 e. The van der Waals surface area contributed by atoms with E-state index < -0.39 is 0 Å². The highest BCUT2D eigenvalue weighted by Crippen LogP contribution is 2.09. The van der Waals surface area contributed by atoms with E-state index in [1.807, 2.05) is 24.3 Å². The first-order valence-electron chi connectivity index (χ1n) is 6.53. The van der Waals surface area contributed by atoms with Crippen LogP contribution in [0, 0.1) is 11.3 Å². The van der Waals surface area contributed by atoms with E-state index in [9.17, 15) is 0 Å². The third-order valence-electron chi connectivity index (χ3n) is 2.82. The minimum atomic E-state index is 0.724. The number of nitrogens with zero attached hydrogens (tertiary/aromatic N) is 1. The van der Waals surface area contributed by atoms with Gasteiger partial charge in [0.15, 0.2) is 0 Å². The summed E-state index contributed by atoms with van der Waals surface area (Å²) >= 11 is 0. The van der Waals surface area contributed by atoms with Crippen molar-refractivity contribution in [2.75, 3.05) is 0 Å². The average molecular weight is 227 g/mol. The molecule has 0 bridgehead atoms. The van der Waals surface area contributed by atoms with Crippen molar-refractivity contribution in [1.82, 2.24) is 0 Å². The monoisotopic (exact) mass is 227 g/mol. The molecule has 1 rings (SSSR count). The lowest BCUT2D eigenvalue weighted by Crippen LogP contribution is -1.77. The summed E-state index contributed by atoms with van der Waals surface area (Å²) in [6, 6.07) is 9.83. The molecule has 1 aromatic rings. The molecule has 0 saturated heterocycles. The van der Waals surface area contributed by atoms with Crippen LogP contribution in [0.1, 0.15) is 56.6 Å². The number of hydrogen-bond donors (Lipinski definition) is 0. The number of unbranched alkanes of at least 4 members (excludes halogenated alkanes) is 5. The number of nitriles is 1. The summed E-state index contributed by atoms with van der Waals surface area (Å²) in [5, 5.41) is 8.68. The van der Waals surface area contributed by atoms with Crippen molar-refractivity contribution in [3.63, 3.8) is 0 Å². The van der Waals surface area contributed by atoms with Gasteiger partial charge in [0.25, 0.3) is 0 Å².